The maximum Gasteiger partial charge on any atom is 0.138 e. The van der Waals surface area contributed by atoms with Gasteiger partial charge in [0, 0.05) is 15.2 Å². The first-order valence-electron chi connectivity index (χ1n) is 4.11. The van der Waals surface area contributed by atoms with E-state index in [4.69, 9.17) is 0 Å². The molecule has 1 nitrogen and oxygen atoms in total. The van der Waals surface area contributed by atoms with Gasteiger partial charge < -0.3 is 5.11 Å². The fourth-order valence-corrected chi connectivity index (χ4v) is 3.02. The van der Waals surface area contributed by atoms with Crippen LogP contribution in [0.2, 0.25) is 0 Å². The summed E-state index contributed by atoms with van der Waals surface area (Å²) in [6.45, 7) is -0.110. The van der Waals surface area contributed by atoms with Crippen molar-refractivity contribution in [1.29, 1.82) is 0 Å². The molecular formula is C10H9FOS2. The molecule has 2 aromatic rings. The first kappa shape index (κ1) is 9.96. The number of hydrogen-bond acceptors (Lipinski definition) is 3. The van der Waals surface area contributed by atoms with Gasteiger partial charge in [-0.15, -0.1) is 23.1 Å². The summed E-state index contributed by atoms with van der Waals surface area (Å²) in [5.74, 6) is -0.239. The predicted octanol–water partition coefficient (Wildman–Crippen LogP) is 3.25. The average Bonchev–Trinajstić information content (AvgIpc) is 2.62. The van der Waals surface area contributed by atoms with Crippen molar-refractivity contribution in [2.75, 3.05) is 6.26 Å². The summed E-state index contributed by atoms with van der Waals surface area (Å²) in [5, 5.41) is 12.1. The highest BCUT2D eigenvalue weighted by molar-refractivity contribution is 7.98. The first-order chi connectivity index (χ1) is 6.77. The molecule has 14 heavy (non-hydrogen) atoms. The molecule has 0 spiro atoms. The summed E-state index contributed by atoms with van der Waals surface area (Å²) in [6, 6.07) is 3.45. The van der Waals surface area contributed by atoms with E-state index in [2.05, 4.69) is 0 Å². The first-order valence-corrected chi connectivity index (χ1v) is 6.21. The standard InChI is InChI=1S/C10H9FOS2/c1-13-10-7(5-12)6-2-3-14-9(6)4-8(10)11/h2-4,12H,5H2,1H3. The molecule has 0 bridgehead atoms. The van der Waals surface area contributed by atoms with Crippen molar-refractivity contribution in [2.45, 2.75) is 11.5 Å². The highest BCUT2D eigenvalue weighted by atomic mass is 32.2. The number of benzene rings is 1. The van der Waals surface area contributed by atoms with Gasteiger partial charge in [0.1, 0.15) is 5.82 Å². The minimum absolute atomic E-state index is 0.110. The van der Waals surface area contributed by atoms with Crippen molar-refractivity contribution >= 4 is 33.2 Å². The lowest BCUT2D eigenvalue weighted by atomic mass is 10.1. The Labute approximate surface area is 89.6 Å². The molecule has 1 aromatic carbocycles. The summed E-state index contributed by atoms with van der Waals surface area (Å²) < 4.78 is 14.4. The van der Waals surface area contributed by atoms with E-state index >= 15 is 0 Å². The lowest BCUT2D eigenvalue weighted by molar-refractivity contribution is 0.279. The van der Waals surface area contributed by atoms with Crippen LogP contribution >= 0.6 is 23.1 Å². The van der Waals surface area contributed by atoms with Crippen molar-refractivity contribution in [1.82, 2.24) is 0 Å². The second-order valence-electron chi connectivity index (χ2n) is 2.86. The number of thiophene rings is 1. The van der Waals surface area contributed by atoms with Crippen LogP contribution in [0, 0.1) is 5.82 Å². The number of thioether (sulfide) groups is 1. The van der Waals surface area contributed by atoms with Gasteiger partial charge in [0.2, 0.25) is 0 Å². The van der Waals surface area contributed by atoms with Crippen molar-refractivity contribution in [3.63, 3.8) is 0 Å². The monoisotopic (exact) mass is 228 g/mol. The zero-order valence-corrected chi connectivity index (χ0v) is 9.21. The molecule has 0 saturated heterocycles. The van der Waals surface area contributed by atoms with E-state index in [1.54, 1.807) is 0 Å². The highest BCUT2D eigenvalue weighted by Crippen LogP contribution is 2.33. The summed E-state index contributed by atoms with van der Waals surface area (Å²) in [4.78, 5) is 0.554. The Morgan fingerprint density at radius 3 is 3.00 bits per heavy atom. The number of rotatable bonds is 2. The summed E-state index contributed by atoms with van der Waals surface area (Å²) >= 11 is 2.82. The number of halogens is 1. The van der Waals surface area contributed by atoms with Crippen LogP contribution in [0.1, 0.15) is 5.56 Å². The van der Waals surface area contributed by atoms with Crippen molar-refractivity contribution in [3.05, 3.63) is 28.9 Å². The SMILES string of the molecule is CSc1c(F)cc2sccc2c1CO. The molecule has 0 fully saturated rings. The fourth-order valence-electron chi connectivity index (χ4n) is 1.51. The molecule has 2 rings (SSSR count). The molecule has 1 N–H and O–H groups in total. The lowest BCUT2D eigenvalue weighted by Gasteiger charge is -2.07. The minimum Gasteiger partial charge on any atom is -0.392 e. The Morgan fingerprint density at radius 2 is 2.36 bits per heavy atom. The Hall–Kier alpha value is -0.580. The molecule has 0 amide bonds. The lowest BCUT2D eigenvalue weighted by Crippen LogP contribution is -1.92. The molecule has 0 aliphatic rings. The smallest absolute Gasteiger partial charge is 0.138 e. The summed E-state index contributed by atoms with van der Waals surface area (Å²) in [7, 11) is 0. The molecule has 0 unspecified atom stereocenters. The molecule has 74 valence electrons. The van der Waals surface area contributed by atoms with E-state index in [-0.39, 0.29) is 12.4 Å². The molecule has 0 aliphatic heterocycles. The van der Waals surface area contributed by atoms with Crippen molar-refractivity contribution in [2.24, 2.45) is 0 Å². The van der Waals surface area contributed by atoms with Gasteiger partial charge in [0.25, 0.3) is 0 Å². The zero-order valence-electron chi connectivity index (χ0n) is 7.58. The van der Waals surface area contributed by atoms with Crippen LogP contribution in [0.15, 0.2) is 22.4 Å². The second-order valence-corrected chi connectivity index (χ2v) is 4.62. The number of aliphatic hydroxyl groups is 1. The number of hydrogen-bond donors (Lipinski definition) is 1. The van der Waals surface area contributed by atoms with Gasteiger partial charge in [-0.25, -0.2) is 4.39 Å². The Morgan fingerprint density at radius 1 is 1.57 bits per heavy atom. The molecule has 0 aliphatic carbocycles. The highest BCUT2D eigenvalue weighted by Gasteiger charge is 2.12. The maximum atomic E-state index is 13.5. The maximum absolute atomic E-state index is 13.5. The molecule has 1 aromatic heterocycles. The summed E-state index contributed by atoms with van der Waals surface area (Å²) in [6.07, 6.45) is 1.82. The number of fused-ring (bicyclic) bond motifs is 1. The Kier molecular flexibility index (Phi) is 2.76. The Balaban J connectivity index is 2.82. The van der Waals surface area contributed by atoms with Crippen LogP contribution in [-0.2, 0) is 6.61 Å². The predicted molar refractivity (Wildman–Crippen MR) is 59.5 cm³/mol. The van der Waals surface area contributed by atoms with Gasteiger partial charge in [-0.3, -0.25) is 0 Å². The van der Waals surface area contributed by atoms with Crippen LogP contribution < -0.4 is 0 Å². The van der Waals surface area contributed by atoms with Crippen LogP contribution in [0.4, 0.5) is 4.39 Å². The zero-order chi connectivity index (χ0) is 10.1. The van der Waals surface area contributed by atoms with Crippen LogP contribution in [0.3, 0.4) is 0 Å². The fraction of sp³-hybridized carbons (Fsp3) is 0.200. The van der Waals surface area contributed by atoms with Crippen LogP contribution in [-0.4, -0.2) is 11.4 Å². The van der Waals surface area contributed by atoms with E-state index in [0.29, 0.717) is 10.5 Å². The van der Waals surface area contributed by atoms with Gasteiger partial charge in [-0.05, 0) is 29.2 Å². The van der Waals surface area contributed by atoms with Crippen molar-refractivity contribution in [3.8, 4) is 0 Å². The molecule has 4 heteroatoms. The Bertz CT molecular complexity index is 464. The third-order valence-corrected chi connectivity index (χ3v) is 3.84. The molecular weight excluding hydrogens is 219 g/mol. The quantitative estimate of drug-likeness (QED) is 0.796. The second kappa shape index (κ2) is 3.88. The largest absolute Gasteiger partial charge is 0.392 e. The van der Waals surface area contributed by atoms with E-state index in [1.807, 2.05) is 17.7 Å². The van der Waals surface area contributed by atoms with Gasteiger partial charge >= 0.3 is 0 Å². The number of aliphatic hydroxyl groups excluding tert-OH is 1. The van der Waals surface area contributed by atoms with Crippen LogP contribution in [0.5, 0.6) is 0 Å². The van der Waals surface area contributed by atoms with Crippen LogP contribution in [0.25, 0.3) is 10.1 Å². The van der Waals surface area contributed by atoms with E-state index in [0.717, 1.165) is 10.1 Å². The average molecular weight is 228 g/mol. The molecule has 0 radical (unpaired) electrons. The van der Waals surface area contributed by atoms with Crippen molar-refractivity contribution < 1.29 is 9.50 Å². The van der Waals surface area contributed by atoms with Gasteiger partial charge in [-0.2, -0.15) is 0 Å². The van der Waals surface area contributed by atoms with Gasteiger partial charge in [-0.1, -0.05) is 0 Å². The van der Waals surface area contributed by atoms with Gasteiger partial charge in [0.05, 0.1) is 6.61 Å². The third-order valence-electron chi connectivity index (χ3n) is 2.13. The normalized spacial score (nSPS) is 11.1. The van der Waals surface area contributed by atoms with Gasteiger partial charge in [0.15, 0.2) is 0 Å². The molecule has 0 saturated carbocycles. The minimum atomic E-state index is -0.239. The summed E-state index contributed by atoms with van der Waals surface area (Å²) in [5.41, 5.74) is 0.703. The van der Waals surface area contributed by atoms with E-state index < -0.39 is 0 Å². The van der Waals surface area contributed by atoms with E-state index in [1.165, 1.54) is 29.2 Å². The molecule has 0 atom stereocenters. The topological polar surface area (TPSA) is 20.2 Å². The third kappa shape index (κ3) is 1.43. The van der Waals surface area contributed by atoms with E-state index in [9.17, 15) is 9.50 Å². The molecule has 1 heterocycles.